The van der Waals surface area contributed by atoms with Gasteiger partial charge in [-0.1, -0.05) is 25.7 Å². The number of halogens is 1. The fourth-order valence-corrected chi connectivity index (χ4v) is 3.14. The summed E-state index contributed by atoms with van der Waals surface area (Å²) < 4.78 is 0. The fraction of sp³-hybridized carbons (Fsp3) is 1.00. The summed E-state index contributed by atoms with van der Waals surface area (Å²) in [5.41, 5.74) is 0. The molecule has 0 aromatic heterocycles. The van der Waals surface area contributed by atoms with Crippen LogP contribution in [-0.4, -0.2) is 16.6 Å². The zero-order valence-corrected chi connectivity index (χ0v) is 8.13. The minimum atomic E-state index is -0.231. The van der Waals surface area contributed by atoms with Crippen LogP contribution in [0.15, 0.2) is 0 Å². The van der Waals surface area contributed by atoms with E-state index in [0.717, 1.165) is 24.7 Å². The van der Waals surface area contributed by atoms with Gasteiger partial charge in [0.2, 0.25) is 0 Å². The number of aliphatic hydroxyl groups is 1. The van der Waals surface area contributed by atoms with E-state index in [1.54, 1.807) is 0 Å². The average molecular weight is 189 g/mol. The van der Waals surface area contributed by atoms with Crippen LogP contribution in [-0.2, 0) is 0 Å². The van der Waals surface area contributed by atoms with Crippen LogP contribution < -0.4 is 0 Å². The van der Waals surface area contributed by atoms with Crippen LogP contribution in [0.2, 0.25) is 0 Å². The predicted octanol–water partition coefficient (Wildman–Crippen LogP) is 2.55. The smallest absolute Gasteiger partial charge is 0.0706 e. The SMILES string of the molecule is O[C@@H]1C[C@@H]2CCCC[C@H]2C[C@H]1Cl. The number of alkyl halides is 1. The molecule has 0 aliphatic heterocycles. The maximum Gasteiger partial charge on any atom is 0.0706 e. The average Bonchev–Trinajstić information content (AvgIpc) is 2.07. The van der Waals surface area contributed by atoms with Crippen LogP contribution in [0.1, 0.15) is 38.5 Å². The molecule has 2 heteroatoms. The topological polar surface area (TPSA) is 20.2 Å². The first-order valence-corrected chi connectivity index (χ1v) is 5.53. The molecule has 0 spiro atoms. The van der Waals surface area contributed by atoms with E-state index in [1.807, 2.05) is 0 Å². The third kappa shape index (κ3) is 1.62. The molecule has 2 aliphatic carbocycles. The first kappa shape index (κ1) is 8.83. The van der Waals surface area contributed by atoms with Gasteiger partial charge in [0.05, 0.1) is 11.5 Å². The Morgan fingerprint density at radius 2 is 1.58 bits per heavy atom. The van der Waals surface area contributed by atoms with Gasteiger partial charge in [-0.05, 0) is 24.7 Å². The molecule has 0 unspecified atom stereocenters. The molecular weight excluding hydrogens is 172 g/mol. The highest BCUT2D eigenvalue weighted by atomic mass is 35.5. The lowest BCUT2D eigenvalue weighted by molar-refractivity contribution is 0.0529. The van der Waals surface area contributed by atoms with E-state index in [4.69, 9.17) is 11.6 Å². The van der Waals surface area contributed by atoms with Crippen molar-refractivity contribution in [1.82, 2.24) is 0 Å². The van der Waals surface area contributed by atoms with Crippen molar-refractivity contribution in [1.29, 1.82) is 0 Å². The summed E-state index contributed by atoms with van der Waals surface area (Å²) in [7, 11) is 0. The highest BCUT2D eigenvalue weighted by Gasteiger charge is 2.36. The first-order valence-electron chi connectivity index (χ1n) is 5.09. The molecule has 4 atom stereocenters. The molecule has 1 N–H and O–H groups in total. The van der Waals surface area contributed by atoms with Crippen LogP contribution in [0, 0.1) is 11.8 Å². The number of rotatable bonds is 0. The van der Waals surface area contributed by atoms with Crippen LogP contribution >= 0.6 is 11.6 Å². The standard InChI is InChI=1S/C10H17ClO/c11-9-5-7-3-1-2-4-8(7)6-10(9)12/h7-10,12H,1-6H2/t7-,8-,9+,10+/m0/s1. The fourth-order valence-electron chi connectivity index (χ4n) is 2.81. The lowest BCUT2D eigenvalue weighted by Crippen LogP contribution is -2.37. The second-order valence-corrected chi connectivity index (χ2v) is 4.92. The molecule has 0 radical (unpaired) electrons. The van der Waals surface area contributed by atoms with Gasteiger partial charge in [0.15, 0.2) is 0 Å². The Morgan fingerprint density at radius 3 is 2.25 bits per heavy atom. The van der Waals surface area contributed by atoms with E-state index < -0.39 is 0 Å². The van der Waals surface area contributed by atoms with E-state index in [2.05, 4.69) is 0 Å². The van der Waals surface area contributed by atoms with Gasteiger partial charge in [0, 0.05) is 0 Å². The third-order valence-electron chi connectivity index (χ3n) is 3.56. The lowest BCUT2D eigenvalue weighted by atomic mass is 9.70. The summed E-state index contributed by atoms with van der Waals surface area (Å²) in [6, 6.07) is 0. The van der Waals surface area contributed by atoms with Crippen molar-refractivity contribution in [3.63, 3.8) is 0 Å². The van der Waals surface area contributed by atoms with E-state index in [1.165, 1.54) is 25.7 Å². The normalized spacial score (nSPS) is 48.5. The van der Waals surface area contributed by atoms with Crippen LogP contribution in [0.4, 0.5) is 0 Å². The predicted molar refractivity (Wildman–Crippen MR) is 50.3 cm³/mol. The van der Waals surface area contributed by atoms with Gasteiger partial charge in [-0.25, -0.2) is 0 Å². The molecule has 0 bridgehead atoms. The Hall–Kier alpha value is 0.250. The largest absolute Gasteiger partial charge is 0.392 e. The molecule has 0 aromatic rings. The van der Waals surface area contributed by atoms with E-state index in [0.29, 0.717) is 0 Å². The van der Waals surface area contributed by atoms with Gasteiger partial charge in [-0.15, -0.1) is 11.6 Å². The summed E-state index contributed by atoms with van der Waals surface area (Å²) in [4.78, 5) is 0. The van der Waals surface area contributed by atoms with E-state index in [-0.39, 0.29) is 11.5 Å². The van der Waals surface area contributed by atoms with Crippen molar-refractivity contribution < 1.29 is 5.11 Å². The number of hydrogen-bond donors (Lipinski definition) is 1. The maximum atomic E-state index is 9.58. The van der Waals surface area contributed by atoms with Gasteiger partial charge in [-0.3, -0.25) is 0 Å². The first-order chi connectivity index (χ1) is 5.77. The van der Waals surface area contributed by atoms with Crippen molar-refractivity contribution in [3.8, 4) is 0 Å². The maximum absolute atomic E-state index is 9.58. The molecule has 2 fully saturated rings. The van der Waals surface area contributed by atoms with Crippen LogP contribution in [0.5, 0.6) is 0 Å². The Labute approximate surface area is 79.1 Å². The lowest BCUT2D eigenvalue weighted by Gasteiger charge is -2.39. The molecule has 2 aliphatic rings. The molecule has 70 valence electrons. The Balaban J connectivity index is 1.98. The van der Waals surface area contributed by atoms with Gasteiger partial charge in [0.25, 0.3) is 0 Å². The third-order valence-corrected chi connectivity index (χ3v) is 4.03. The van der Waals surface area contributed by atoms with Crippen molar-refractivity contribution in [2.24, 2.45) is 11.8 Å². The van der Waals surface area contributed by atoms with Crippen LogP contribution in [0.3, 0.4) is 0 Å². The molecule has 2 saturated carbocycles. The molecule has 0 amide bonds. The zero-order chi connectivity index (χ0) is 8.55. The van der Waals surface area contributed by atoms with E-state index in [9.17, 15) is 5.11 Å². The van der Waals surface area contributed by atoms with Gasteiger partial charge < -0.3 is 5.11 Å². The minimum absolute atomic E-state index is 0.0318. The monoisotopic (exact) mass is 188 g/mol. The van der Waals surface area contributed by atoms with E-state index >= 15 is 0 Å². The molecule has 2 rings (SSSR count). The van der Waals surface area contributed by atoms with Gasteiger partial charge in [-0.2, -0.15) is 0 Å². The molecule has 1 nitrogen and oxygen atoms in total. The van der Waals surface area contributed by atoms with Crippen molar-refractivity contribution >= 4 is 11.6 Å². The summed E-state index contributed by atoms with van der Waals surface area (Å²) in [5, 5.41) is 9.62. The van der Waals surface area contributed by atoms with Crippen LogP contribution in [0.25, 0.3) is 0 Å². The molecule has 0 aromatic carbocycles. The second kappa shape index (κ2) is 3.55. The molecule has 12 heavy (non-hydrogen) atoms. The highest BCUT2D eigenvalue weighted by molar-refractivity contribution is 6.21. The summed E-state index contributed by atoms with van der Waals surface area (Å²) in [6.45, 7) is 0. The number of aliphatic hydroxyl groups excluding tert-OH is 1. The van der Waals surface area contributed by atoms with Crippen molar-refractivity contribution in [3.05, 3.63) is 0 Å². The Bertz CT molecular complexity index is 142. The summed E-state index contributed by atoms with van der Waals surface area (Å²) in [6.07, 6.45) is 7.19. The van der Waals surface area contributed by atoms with Gasteiger partial charge in [0.1, 0.15) is 0 Å². The van der Waals surface area contributed by atoms with Crippen molar-refractivity contribution in [2.45, 2.75) is 50.0 Å². The molecule has 0 heterocycles. The van der Waals surface area contributed by atoms with Gasteiger partial charge >= 0.3 is 0 Å². The summed E-state index contributed by atoms with van der Waals surface area (Å²) in [5.74, 6) is 1.60. The van der Waals surface area contributed by atoms with Crippen molar-refractivity contribution in [2.75, 3.05) is 0 Å². The highest BCUT2D eigenvalue weighted by Crippen LogP contribution is 2.41. The zero-order valence-electron chi connectivity index (χ0n) is 7.38. The second-order valence-electron chi connectivity index (χ2n) is 4.36. The summed E-state index contributed by atoms with van der Waals surface area (Å²) >= 11 is 6.04. The molecule has 0 saturated heterocycles. The number of hydrogen-bond acceptors (Lipinski definition) is 1. The molecular formula is C10H17ClO. The minimum Gasteiger partial charge on any atom is -0.392 e. The Kier molecular flexibility index (Phi) is 2.61. The Morgan fingerprint density at radius 1 is 1.00 bits per heavy atom. The quantitative estimate of drug-likeness (QED) is 0.580. The number of fused-ring (bicyclic) bond motifs is 1.